The molecule has 1 N–H and O–H groups in total. The van der Waals surface area contributed by atoms with Gasteiger partial charge in [-0.3, -0.25) is 0 Å². The van der Waals surface area contributed by atoms with E-state index >= 15 is 0 Å². The van der Waals surface area contributed by atoms with Gasteiger partial charge >= 0.3 is 6.18 Å². The van der Waals surface area contributed by atoms with Gasteiger partial charge in [-0.25, -0.2) is 4.98 Å². The summed E-state index contributed by atoms with van der Waals surface area (Å²) in [6.07, 6.45) is -5.36. The zero-order valence-corrected chi connectivity index (χ0v) is 10.1. The lowest BCUT2D eigenvalue weighted by atomic mass is 9.92. The number of halogens is 3. The Labute approximate surface area is 96.9 Å². The molecule has 0 unspecified atom stereocenters. The Bertz CT molecular complexity index is 429. The molecule has 0 spiro atoms. The lowest BCUT2D eigenvalue weighted by Gasteiger charge is -2.19. The van der Waals surface area contributed by atoms with Crippen LogP contribution in [0.1, 0.15) is 32.3 Å². The zero-order chi connectivity index (χ0) is 12.6. The number of hydrogen-bond donors (Lipinski definition) is 1. The Morgan fingerprint density at radius 1 is 1.31 bits per heavy atom. The third-order valence-electron chi connectivity index (χ3n) is 1.97. The monoisotopic (exact) mass is 250 g/mol. The third-order valence-corrected chi connectivity index (χ3v) is 2.18. The molecule has 90 valence electrons. The quantitative estimate of drug-likeness (QED) is 0.772. The molecule has 0 aliphatic carbocycles. The molecule has 16 heavy (non-hydrogen) atoms. The van der Waals surface area contributed by atoms with E-state index in [1.807, 2.05) is 20.8 Å². The zero-order valence-electron chi connectivity index (χ0n) is 9.27. The number of nitrogens with one attached hydrogen (secondary N) is 1. The van der Waals surface area contributed by atoms with E-state index in [9.17, 15) is 13.2 Å². The average molecular weight is 250 g/mol. The Morgan fingerprint density at radius 3 is 2.31 bits per heavy atom. The molecule has 0 atom stereocenters. The molecule has 1 heterocycles. The van der Waals surface area contributed by atoms with Gasteiger partial charge in [0.15, 0.2) is 0 Å². The predicted octanol–water partition coefficient (Wildman–Crippen LogP) is 3.54. The summed E-state index contributed by atoms with van der Waals surface area (Å²) in [7, 11) is 0. The SMILES string of the molecule is CC(C)(C)c1cc(=S)nc(CC(F)(F)F)[nH]1. The van der Waals surface area contributed by atoms with Crippen LogP contribution in [0.25, 0.3) is 0 Å². The van der Waals surface area contributed by atoms with Crippen molar-refractivity contribution in [3.8, 4) is 0 Å². The first-order valence-electron chi connectivity index (χ1n) is 4.75. The van der Waals surface area contributed by atoms with Crippen molar-refractivity contribution < 1.29 is 13.2 Å². The largest absolute Gasteiger partial charge is 0.396 e. The second-order valence-electron chi connectivity index (χ2n) is 4.62. The van der Waals surface area contributed by atoms with Gasteiger partial charge in [-0.05, 0) is 6.07 Å². The van der Waals surface area contributed by atoms with Gasteiger partial charge in [0.1, 0.15) is 16.9 Å². The highest BCUT2D eigenvalue weighted by Gasteiger charge is 2.29. The number of nitrogens with zero attached hydrogens (tertiary/aromatic N) is 1. The molecule has 0 bridgehead atoms. The number of aromatic amines is 1. The number of alkyl halides is 3. The smallest absolute Gasteiger partial charge is 0.346 e. The summed E-state index contributed by atoms with van der Waals surface area (Å²) in [6, 6.07) is 1.59. The van der Waals surface area contributed by atoms with E-state index in [0.29, 0.717) is 5.69 Å². The van der Waals surface area contributed by atoms with Crippen LogP contribution in [-0.4, -0.2) is 16.1 Å². The molecule has 1 aromatic heterocycles. The lowest BCUT2D eigenvalue weighted by Crippen LogP contribution is -2.19. The average Bonchev–Trinajstić information content (AvgIpc) is 1.97. The van der Waals surface area contributed by atoms with Crippen molar-refractivity contribution in [1.82, 2.24) is 9.97 Å². The molecule has 0 amide bonds. The minimum absolute atomic E-state index is 0.134. The normalized spacial score (nSPS) is 12.9. The van der Waals surface area contributed by atoms with E-state index in [1.54, 1.807) is 6.07 Å². The maximum atomic E-state index is 12.2. The van der Waals surface area contributed by atoms with Gasteiger partial charge in [-0.1, -0.05) is 33.0 Å². The van der Waals surface area contributed by atoms with Crippen molar-refractivity contribution in [1.29, 1.82) is 0 Å². The minimum atomic E-state index is -4.28. The van der Waals surface area contributed by atoms with Crippen molar-refractivity contribution in [2.75, 3.05) is 0 Å². The second kappa shape index (κ2) is 4.16. The van der Waals surface area contributed by atoms with Crippen molar-refractivity contribution in [3.63, 3.8) is 0 Å². The highest BCUT2D eigenvalue weighted by atomic mass is 32.1. The number of hydrogen-bond acceptors (Lipinski definition) is 2. The van der Waals surface area contributed by atoms with E-state index in [2.05, 4.69) is 9.97 Å². The van der Waals surface area contributed by atoms with Crippen LogP contribution in [0.3, 0.4) is 0 Å². The van der Waals surface area contributed by atoms with Crippen LogP contribution in [0, 0.1) is 4.64 Å². The van der Waals surface area contributed by atoms with Crippen molar-refractivity contribution in [3.05, 3.63) is 22.2 Å². The fraction of sp³-hybridized carbons (Fsp3) is 0.600. The molecular weight excluding hydrogens is 237 g/mol. The molecule has 1 aromatic rings. The molecule has 0 saturated carbocycles. The Hall–Kier alpha value is -0.910. The van der Waals surface area contributed by atoms with Gasteiger partial charge in [-0.15, -0.1) is 0 Å². The van der Waals surface area contributed by atoms with Crippen LogP contribution in [-0.2, 0) is 11.8 Å². The molecular formula is C10H13F3N2S. The van der Waals surface area contributed by atoms with Gasteiger partial charge in [0.05, 0.1) is 0 Å². The fourth-order valence-electron chi connectivity index (χ4n) is 1.19. The van der Waals surface area contributed by atoms with E-state index < -0.39 is 12.6 Å². The molecule has 1 rings (SSSR count). The highest BCUT2D eigenvalue weighted by molar-refractivity contribution is 7.71. The van der Waals surface area contributed by atoms with Crippen LogP contribution in [0.2, 0.25) is 0 Å². The van der Waals surface area contributed by atoms with Gasteiger partial charge in [0, 0.05) is 11.1 Å². The summed E-state index contributed by atoms with van der Waals surface area (Å²) in [4.78, 5) is 6.36. The molecule has 0 radical (unpaired) electrons. The molecule has 6 heteroatoms. The summed E-state index contributed by atoms with van der Waals surface area (Å²) in [6.45, 7) is 5.68. The Kier molecular flexibility index (Phi) is 3.42. The van der Waals surface area contributed by atoms with Crippen molar-refractivity contribution in [2.24, 2.45) is 0 Å². The minimum Gasteiger partial charge on any atom is -0.346 e. The molecule has 0 aliphatic rings. The predicted molar refractivity (Wildman–Crippen MR) is 57.9 cm³/mol. The van der Waals surface area contributed by atoms with Crippen LogP contribution < -0.4 is 0 Å². The fourth-order valence-corrected chi connectivity index (χ4v) is 1.41. The Balaban J connectivity index is 3.14. The van der Waals surface area contributed by atoms with Crippen LogP contribution in [0.15, 0.2) is 6.07 Å². The summed E-state index contributed by atoms with van der Waals surface area (Å²) >= 11 is 4.85. The third kappa shape index (κ3) is 3.92. The second-order valence-corrected chi connectivity index (χ2v) is 5.04. The molecule has 0 aliphatic heterocycles. The van der Waals surface area contributed by atoms with Crippen LogP contribution in [0.5, 0.6) is 0 Å². The summed E-state index contributed by atoms with van der Waals surface area (Å²) in [5.74, 6) is -0.134. The number of rotatable bonds is 1. The molecule has 2 nitrogen and oxygen atoms in total. The van der Waals surface area contributed by atoms with Crippen molar-refractivity contribution >= 4 is 12.2 Å². The van der Waals surface area contributed by atoms with Crippen LogP contribution >= 0.6 is 12.2 Å². The van der Waals surface area contributed by atoms with Gasteiger partial charge in [0.25, 0.3) is 0 Å². The van der Waals surface area contributed by atoms with Gasteiger partial charge < -0.3 is 4.98 Å². The highest BCUT2D eigenvalue weighted by Crippen LogP contribution is 2.23. The van der Waals surface area contributed by atoms with Gasteiger partial charge in [0.2, 0.25) is 0 Å². The first-order chi connectivity index (χ1) is 7.08. The van der Waals surface area contributed by atoms with E-state index in [-0.39, 0.29) is 15.9 Å². The summed E-state index contributed by atoms with van der Waals surface area (Å²) in [5.41, 5.74) is 0.378. The standard InChI is InChI=1S/C10H13F3N2S/c1-9(2,3)6-4-8(16)15-7(14-6)5-10(11,12)13/h4H,5H2,1-3H3,(H,14,15,16). The summed E-state index contributed by atoms with van der Waals surface area (Å²) in [5, 5.41) is 0. The van der Waals surface area contributed by atoms with E-state index in [0.717, 1.165) is 0 Å². The topological polar surface area (TPSA) is 28.7 Å². The van der Waals surface area contributed by atoms with Crippen LogP contribution in [0.4, 0.5) is 13.2 Å². The number of aromatic nitrogens is 2. The molecule has 0 fully saturated rings. The Morgan fingerprint density at radius 2 is 1.88 bits per heavy atom. The summed E-state index contributed by atoms with van der Waals surface area (Å²) < 4.78 is 36.8. The number of H-pyrrole nitrogens is 1. The molecule has 0 aromatic carbocycles. The maximum Gasteiger partial charge on any atom is 0.396 e. The first kappa shape index (κ1) is 13.2. The lowest BCUT2D eigenvalue weighted by molar-refractivity contribution is -0.128. The van der Waals surface area contributed by atoms with E-state index in [1.165, 1.54) is 0 Å². The van der Waals surface area contributed by atoms with Gasteiger partial charge in [-0.2, -0.15) is 13.2 Å². The van der Waals surface area contributed by atoms with Crippen molar-refractivity contribution in [2.45, 2.75) is 38.8 Å². The first-order valence-corrected chi connectivity index (χ1v) is 5.16. The maximum absolute atomic E-state index is 12.2. The molecule has 0 saturated heterocycles. The van der Waals surface area contributed by atoms with E-state index in [4.69, 9.17) is 12.2 Å².